The molecule has 1 aliphatic rings. The Morgan fingerprint density at radius 2 is 2.20 bits per heavy atom. The van der Waals surface area contributed by atoms with Crippen LogP contribution in [0, 0.1) is 11.3 Å². The minimum Gasteiger partial charge on any atom is -0.408 e. The molecular weight excluding hydrogens is 252 g/mol. The van der Waals surface area contributed by atoms with Crippen molar-refractivity contribution in [2.75, 3.05) is 6.54 Å². The molecule has 4 nitrogen and oxygen atoms in total. The molecule has 0 spiro atoms. The number of rotatable bonds is 4. The third kappa shape index (κ3) is 2.08. The fraction of sp³-hybridized carbons (Fsp3) is 0.562. The minimum atomic E-state index is -0.302. The number of nitrogens with one attached hydrogen (secondary N) is 1. The largest absolute Gasteiger partial charge is 0.419 e. The van der Waals surface area contributed by atoms with Crippen molar-refractivity contribution in [3.8, 4) is 0 Å². The number of benzene rings is 1. The molecule has 2 unspecified atom stereocenters. The molecule has 1 aromatic heterocycles. The average molecular weight is 274 g/mol. The van der Waals surface area contributed by atoms with Gasteiger partial charge in [0.05, 0.1) is 5.52 Å². The van der Waals surface area contributed by atoms with E-state index >= 15 is 0 Å². The Morgan fingerprint density at radius 3 is 2.80 bits per heavy atom. The number of oxazole rings is 1. The highest BCUT2D eigenvalue weighted by Gasteiger charge is 2.50. The van der Waals surface area contributed by atoms with Gasteiger partial charge in [0.1, 0.15) is 0 Å². The molecule has 108 valence electrons. The summed E-state index contributed by atoms with van der Waals surface area (Å²) in [4.78, 5) is 11.6. The molecule has 1 heterocycles. The van der Waals surface area contributed by atoms with Gasteiger partial charge in [0.25, 0.3) is 0 Å². The summed E-state index contributed by atoms with van der Waals surface area (Å²) in [5.74, 6) is 0.347. The molecule has 1 saturated carbocycles. The number of hydrogen-bond acceptors (Lipinski definition) is 3. The summed E-state index contributed by atoms with van der Waals surface area (Å²) in [7, 11) is 1.74. The number of nitrogens with zero attached hydrogens (tertiary/aromatic N) is 1. The molecule has 0 saturated heterocycles. The summed E-state index contributed by atoms with van der Waals surface area (Å²) in [5, 5.41) is 3.58. The molecule has 1 fully saturated rings. The van der Waals surface area contributed by atoms with Crippen molar-refractivity contribution in [1.82, 2.24) is 9.88 Å². The number of aromatic nitrogens is 1. The predicted molar refractivity (Wildman–Crippen MR) is 79.8 cm³/mol. The lowest BCUT2D eigenvalue weighted by atomic mass is 9.96. The third-order valence-corrected chi connectivity index (χ3v) is 4.59. The molecule has 0 radical (unpaired) electrons. The molecule has 2 aromatic rings. The topological polar surface area (TPSA) is 47.2 Å². The average Bonchev–Trinajstić information content (AvgIpc) is 2.93. The van der Waals surface area contributed by atoms with Crippen LogP contribution in [0.25, 0.3) is 11.1 Å². The van der Waals surface area contributed by atoms with Gasteiger partial charge in [-0.05, 0) is 42.0 Å². The molecule has 1 aliphatic carbocycles. The second-order valence-electron chi connectivity index (χ2n) is 6.49. The van der Waals surface area contributed by atoms with Crippen LogP contribution >= 0.6 is 0 Å². The molecular formula is C16H22N2O2. The Morgan fingerprint density at radius 1 is 1.50 bits per heavy atom. The Hall–Kier alpha value is -1.55. The molecule has 0 aliphatic heterocycles. The van der Waals surface area contributed by atoms with Crippen LogP contribution in [-0.4, -0.2) is 11.1 Å². The SMILES string of the molecule is CCNC(c1ccc2c(c1)oc(=O)n2C)C1CC1(C)C. The fourth-order valence-corrected chi connectivity index (χ4v) is 3.13. The third-order valence-electron chi connectivity index (χ3n) is 4.59. The van der Waals surface area contributed by atoms with Gasteiger partial charge in [-0.2, -0.15) is 0 Å². The van der Waals surface area contributed by atoms with Gasteiger partial charge in [-0.3, -0.25) is 4.57 Å². The van der Waals surface area contributed by atoms with Crippen LogP contribution in [0.2, 0.25) is 0 Å². The Bertz CT molecular complexity index is 696. The van der Waals surface area contributed by atoms with Gasteiger partial charge in [0.2, 0.25) is 0 Å². The summed E-state index contributed by atoms with van der Waals surface area (Å²) in [6.07, 6.45) is 1.24. The zero-order valence-corrected chi connectivity index (χ0v) is 12.6. The van der Waals surface area contributed by atoms with E-state index in [1.165, 1.54) is 12.0 Å². The number of fused-ring (bicyclic) bond motifs is 1. The van der Waals surface area contributed by atoms with Gasteiger partial charge in [0.15, 0.2) is 5.58 Å². The van der Waals surface area contributed by atoms with E-state index in [0.29, 0.717) is 23.0 Å². The maximum absolute atomic E-state index is 11.6. The van der Waals surface area contributed by atoms with Crippen molar-refractivity contribution in [3.05, 3.63) is 34.3 Å². The normalized spacial score (nSPS) is 22.1. The molecule has 3 rings (SSSR count). The first-order valence-electron chi connectivity index (χ1n) is 7.27. The lowest BCUT2D eigenvalue weighted by Gasteiger charge is -2.20. The first-order chi connectivity index (χ1) is 9.44. The summed E-state index contributed by atoms with van der Waals surface area (Å²) in [6, 6.07) is 6.44. The summed E-state index contributed by atoms with van der Waals surface area (Å²) in [5.41, 5.74) is 3.14. The van der Waals surface area contributed by atoms with E-state index in [9.17, 15) is 4.79 Å². The van der Waals surface area contributed by atoms with E-state index in [0.717, 1.165) is 12.1 Å². The minimum absolute atomic E-state index is 0.302. The molecule has 1 N–H and O–H groups in total. The predicted octanol–water partition coefficient (Wildman–Crippen LogP) is 2.83. The highest BCUT2D eigenvalue weighted by atomic mass is 16.4. The van der Waals surface area contributed by atoms with Crippen molar-refractivity contribution < 1.29 is 4.42 Å². The second kappa shape index (κ2) is 4.48. The van der Waals surface area contributed by atoms with Crippen molar-refractivity contribution in [1.29, 1.82) is 0 Å². The number of hydrogen-bond donors (Lipinski definition) is 1. The van der Waals surface area contributed by atoms with Gasteiger partial charge in [-0.25, -0.2) is 4.79 Å². The summed E-state index contributed by atoms with van der Waals surface area (Å²) in [6.45, 7) is 7.68. The summed E-state index contributed by atoms with van der Waals surface area (Å²) < 4.78 is 6.84. The standard InChI is InChI=1S/C16H22N2O2/c1-5-17-14(11-9-16(11,2)3)10-6-7-12-13(8-10)20-15(19)18(12)4/h6-8,11,14,17H,5,9H2,1-4H3. The zero-order chi connectivity index (χ0) is 14.5. The molecule has 0 amide bonds. The van der Waals surface area contributed by atoms with Gasteiger partial charge in [0, 0.05) is 13.1 Å². The fourth-order valence-electron chi connectivity index (χ4n) is 3.13. The van der Waals surface area contributed by atoms with Crippen molar-refractivity contribution in [2.45, 2.75) is 33.2 Å². The van der Waals surface area contributed by atoms with Crippen LogP contribution < -0.4 is 11.1 Å². The van der Waals surface area contributed by atoms with E-state index in [1.54, 1.807) is 11.6 Å². The smallest absolute Gasteiger partial charge is 0.408 e. The van der Waals surface area contributed by atoms with E-state index in [-0.39, 0.29) is 5.76 Å². The van der Waals surface area contributed by atoms with Crippen molar-refractivity contribution in [2.24, 2.45) is 18.4 Å². The maximum Gasteiger partial charge on any atom is 0.419 e. The van der Waals surface area contributed by atoms with Crippen molar-refractivity contribution in [3.63, 3.8) is 0 Å². The Labute approximate surface area is 118 Å². The van der Waals surface area contributed by atoms with Gasteiger partial charge < -0.3 is 9.73 Å². The zero-order valence-electron chi connectivity index (χ0n) is 12.6. The summed E-state index contributed by atoms with van der Waals surface area (Å²) >= 11 is 0. The van der Waals surface area contributed by atoms with Gasteiger partial charge in [-0.15, -0.1) is 0 Å². The van der Waals surface area contributed by atoms with E-state index < -0.39 is 0 Å². The monoisotopic (exact) mass is 274 g/mol. The van der Waals surface area contributed by atoms with E-state index in [2.05, 4.69) is 32.2 Å². The van der Waals surface area contributed by atoms with E-state index in [1.807, 2.05) is 12.1 Å². The maximum atomic E-state index is 11.6. The molecule has 2 atom stereocenters. The van der Waals surface area contributed by atoms with Crippen LogP contribution in [0.3, 0.4) is 0 Å². The van der Waals surface area contributed by atoms with Crippen LogP contribution in [0.1, 0.15) is 38.8 Å². The van der Waals surface area contributed by atoms with Gasteiger partial charge >= 0.3 is 5.76 Å². The molecule has 1 aromatic carbocycles. The molecule has 20 heavy (non-hydrogen) atoms. The lowest BCUT2D eigenvalue weighted by Crippen LogP contribution is -2.24. The molecule has 4 heteroatoms. The van der Waals surface area contributed by atoms with Crippen LogP contribution in [0.4, 0.5) is 0 Å². The highest BCUT2D eigenvalue weighted by Crippen LogP contribution is 2.57. The van der Waals surface area contributed by atoms with Crippen LogP contribution in [0.5, 0.6) is 0 Å². The Kier molecular flexibility index (Phi) is 3.01. The first-order valence-corrected chi connectivity index (χ1v) is 7.27. The van der Waals surface area contributed by atoms with Crippen LogP contribution in [-0.2, 0) is 7.05 Å². The van der Waals surface area contributed by atoms with E-state index in [4.69, 9.17) is 4.42 Å². The molecule has 0 bridgehead atoms. The quantitative estimate of drug-likeness (QED) is 0.932. The number of aryl methyl sites for hydroxylation is 1. The van der Waals surface area contributed by atoms with Gasteiger partial charge in [-0.1, -0.05) is 26.8 Å². The Balaban J connectivity index is 2.01. The first kappa shape index (κ1) is 13.4. The second-order valence-corrected chi connectivity index (χ2v) is 6.49. The van der Waals surface area contributed by atoms with Crippen LogP contribution in [0.15, 0.2) is 27.4 Å². The highest BCUT2D eigenvalue weighted by molar-refractivity contribution is 5.73. The lowest BCUT2D eigenvalue weighted by molar-refractivity contribution is 0.423. The van der Waals surface area contributed by atoms with Crippen molar-refractivity contribution >= 4 is 11.1 Å².